The van der Waals surface area contributed by atoms with Crippen molar-refractivity contribution in [3.05, 3.63) is 76.9 Å². The van der Waals surface area contributed by atoms with Gasteiger partial charge < -0.3 is 20.1 Å². The van der Waals surface area contributed by atoms with E-state index in [4.69, 9.17) is 0 Å². The van der Waals surface area contributed by atoms with Crippen LogP contribution in [0.5, 0.6) is 0 Å². The number of carbonyl (C=O) groups is 1. The van der Waals surface area contributed by atoms with E-state index in [-0.39, 0.29) is 18.2 Å². The van der Waals surface area contributed by atoms with E-state index in [2.05, 4.69) is 13.8 Å². The molecule has 3 rings (SSSR count). The molecule has 6 heteroatoms. The third-order valence-electron chi connectivity index (χ3n) is 5.05. The summed E-state index contributed by atoms with van der Waals surface area (Å²) in [4.78, 5) is 12.7. The Kier molecular flexibility index (Phi) is 7.96. The van der Waals surface area contributed by atoms with Crippen molar-refractivity contribution in [3.63, 3.8) is 0 Å². The molecule has 1 heterocycles. The first-order valence-electron chi connectivity index (χ1n) is 10.5. The second kappa shape index (κ2) is 10.7. The lowest BCUT2D eigenvalue weighted by Crippen LogP contribution is -2.29. The van der Waals surface area contributed by atoms with Crippen LogP contribution in [0.25, 0.3) is 27.6 Å². The van der Waals surface area contributed by atoms with Crippen LogP contribution in [-0.2, 0) is 4.79 Å². The summed E-state index contributed by atoms with van der Waals surface area (Å²) in [6.07, 6.45) is 0.442. The number of carboxylic acids is 1. The van der Waals surface area contributed by atoms with E-state index in [9.17, 15) is 24.5 Å². The lowest BCUT2D eigenvalue weighted by Gasteiger charge is -2.14. The molecule has 0 bridgehead atoms. The monoisotopic (exact) mass is 453 g/mol. The predicted octanol–water partition coefficient (Wildman–Crippen LogP) is 4.61. The van der Waals surface area contributed by atoms with Crippen LogP contribution in [0, 0.1) is 5.82 Å². The van der Waals surface area contributed by atoms with Crippen LogP contribution in [-0.4, -0.2) is 28.4 Å². The molecule has 0 radical (unpaired) electrons. The van der Waals surface area contributed by atoms with Crippen LogP contribution in [0.15, 0.2) is 60.7 Å². The molecule has 2 atom stereocenters. The highest BCUT2D eigenvalue weighted by Crippen LogP contribution is 2.46. The van der Waals surface area contributed by atoms with E-state index in [1.54, 1.807) is 29.6 Å². The van der Waals surface area contributed by atoms with Crippen molar-refractivity contribution in [3.8, 4) is 21.6 Å². The first kappa shape index (κ1) is 23.9. The molecule has 0 aliphatic rings. The summed E-state index contributed by atoms with van der Waals surface area (Å²) >= 11 is 1.63. The summed E-state index contributed by atoms with van der Waals surface area (Å²) in [6, 6.07) is 16.3. The fraction of sp³-hybridized carbons (Fsp3) is 0.269. The fourth-order valence-electron chi connectivity index (χ4n) is 3.62. The van der Waals surface area contributed by atoms with E-state index in [1.807, 2.05) is 36.4 Å². The molecule has 0 saturated heterocycles. The third kappa shape index (κ3) is 5.91. The molecule has 0 spiro atoms. The van der Waals surface area contributed by atoms with Crippen LogP contribution < -0.4 is 5.11 Å². The van der Waals surface area contributed by atoms with Crippen molar-refractivity contribution < 1.29 is 24.5 Å². The molecular weight excluding hydrogens is 427 g/mol. The molecule has 0 unspecified atom stereocenters. The SMILES string of the molecule is CC(C)c1sc(-c2ccccc2)c(-c2cccc(F)c2)c1/C=C/[C@@H](O)C[C@@H](O)CC(=O)[O-]. The molecule has 0 saturated carbocycles. The number of hydrogen-bond acceptors (Lipinski definition) is 5. The molecule has 3 aromatic rings. The van der Waals surface area contributed by atoms with Gasteiger partial charge in [0.05, 0.1) is 12.2 Å². The number of rotatable bonds is 9. The van der Waals surface area contributed by atoms with E-state index in [0.717, 1.165) is 32.0 Å². The number of carbonyl (C=O) groups excluding carboxylic acids is 1. The fourth-order valence-corrected chi connectivity index (χ4v) is 4.94. The average Bonchev–Trinajstić information content (AvgIpc) is 3.12. The van der Waals surface area contributed by atoms with Crippen molar-refractivity contribution >= 4 is 23.4 Å². The molecular formula is C26H26FO4S-. The van der Waals surface area contributed by atoms with Gasteiger partial charge in [-0.1, -0.05) is 68.5 Å². The minimum Gasteiger partial charge on any atom is -0.550 e. The summed E-state index contributed by atoms with van der Waals surface area (Å²) < 4.78 is 14.1. The largest absolute Gasteiger partial charge is 0.550 e. The Morgan fingerprint density at radius 1 is 1.09 bits per heavy atom. The van der Waals surface area contributed by atoms with Crippen molar-refractivity contribution in [2.75, 3.05) is 0 Å². The van der Waals surface area contributed by atoms with E-state index < -0.39 is 24.6 Å². The summed E-state index contributed by atoms with van der Waals surface area (Å²) in [6.45, 7) is 4.15. The number of aliphatic hydroxyl groups is 2. The zero-order chi connectivity index (χ0) is 23.3. The second-order valence-corrected chi connectivity index (χ2v) is 9.06. The smallest absolute Gasteiger partial charge is 0.123 e. The summed E-state index contributed by atoms with van der Waals surface area (Å²) in [5.41, 5.74) is 3.51. The van der Waals surface area contributed by atoms with Gasteiger partial charge in [-0.25, -0.2) is 4.39 Å². The Morgan fingerprint density at radius 2 is 1.78 bits per heavy atom. The van der Waals surface area contributed by atoms with Gasteiger partial charge in [0.15, 0.2) is 0 Å². The maximum absolute atomic E-state index is 14.1. The van der Waals surface area contributed by atoms with Crippen molar-refractivity contribution in [1.82, 2.24) is 0 Å². The Labute approximate surface area is 191 Å². The number of benzene rings is 2. The minimum absolute atomic E-state index is 0.119. The van der Waals surface area contributed by atoms with Gasteiger partial charge in [0.2, 0.25) is 0 Å². The topological polar surface area (TPSA) is 80.6 Å². The van der Waals surface area contributed by atoms with Gasteiger partial charge in [-0.15, -0.1) is 11.3 Å². The number of halogens is 1. The van der Waals surface area contributed by atoms with Gasteiger partial charge in [-0.05, 0) is 34.7 Å². The van der Waals surface area contributed by atoms with Crippen molar-refractivity contribution in [2.24, 2.45) is 0 Å². The first-order chi connectivity index (χ1) is 15.3. The Balaban J connectivity index is 2.09. The molecule has 2 aromatic carbocycles. The van der Waals surface area contributed by atoms with Crippen molar-refractivity contribution in [2.45, 2.75) is 44.8 Å². The Morgan fingerprint density at radius 3 is 2.41 bits per heavy atom. The van der Waals surface area contributed by atoms with Gasteiger partial charge >= 0.3 is 0 Å². The predicted molar refractivity (Wildman–Crippen MR) is 125 cm³/mol. The summed E-state index contributed by atoms with van der Waals surface area (Å²) in [5.74, 6) is -1.51. The first-order valence-corrected chi connectivity index (χ1v) is 11.3. The van der Waals surface area contributed by atoms with Crippen LogP contribution in [0.2, 0.25) is 0 Å². The number of aliphatic hydroxyl groups excluding tert-OH is 2. The Bertz CT molecular complexity index is 1090. The number of aliphatic carboxylic acids is 1. The number of hydrogen-bond donors (Lipinski definition) is 2. The summed E-state index contributed by atoms with van der Waals surface area (Å²) in [5, 5.41) is 30.8. The van der Waals surface area contributed by atoms with Gasteiger partial charge in [0.1, 0.15) is 5.82 Å². The van der Waals surface area contributed by atoms with Gasteiger partial charge in [0.25, 0.3) is 0 Å². The lowest BCUT2D eigenvalue weighted by molar-refractivity contribution is -0.307. The van der Waals surface area contributed by atoms with Crippen molar-refractivity contribution in [1.29, 1.82) is 0 Å². The maximum Gasteiger partial charge on any atom is 0.123 e. The van der Waals surface area contributed by atoms with Crippen LogP contribution >= 0.6 is 11.3 Å². The highest BCUT2D eigenvalue weighted by molar-refractivity contribution is 7.16. The lowest BCUT2D eigenvalue weighted by atomic mass is 9.94. The Hall–Kier alpha value is -2.80. The standard InChI is InChI=1S/C26H27FO4S/c1-16(2)25-22(12-11-20(28)14-21(29)15-23(30)31)24(18-9-6-10-19(27)13-18)26(32-25)17-7-4-3-5-8-17/h3-13,16,20-21,28-29H,14-15H2,1-2H3,(H,30,31)/p-1/b12-11+/t20-,21-/m1/s1. The molecule has 0 fully saturated rings. The molecule has 0 aliphatic heterocycles. The molecule has 4 nitrogen and oxygen atoms in total. The summed E-state index contributed by atoms with van der Waals surface area (Å²) in [7, 11) is 0. The molecule has 32 heavy (non-hydrogen) atoms. The molecule has 0 aliphatic carbocycles. The van der Waals surface area contributed by atoms with Gasteiger partial charge in [-0.2, -0.15) is 0 Å². The van der Waals surface area contributed by atoms with Gasteiger partial charge in [0, 0.05) is 34.1 Å². The second-order valence-electron chi connectivity index (χ2n) is 8.01. The molecule has 0 amide bonds. The molecule has 2 N–H and O–H groups in total. The van der Waals surface area contributed by atoms with Crippen LogP contribution in [0.4, 0.5) is 4.39 Å². The maximum atomic E-state index is 14.1. The average molecular weight is 454 g/mol. The van der Waals surface area contributed by atoms with E-state index in [0.29, 0.717) is 0 Å². The normalized spacial score (nSPS) is 13.6. The highest BCUT2D eigenvalue weighted by Gasteiger charge is 2.21. The quantitative estimate of drug-likeness (QED) is 0.496. The van der Waals surface area contributed by atoms with Gasteiger partial charge in [-0.3, -0.25) is 0 Å². The van der Waals surface area contributed by atoms with E-state index in [1.165, 1.54) is 12.1 Å². The zero-order valence-electron chi connectivity index (χ0n) is 18.0. The zero-order valence-corrected chi connectivity index (χ0v) is 18.8. The van der Waals surface area contributed by atoms with Crippen LogP contribution in [0.1, 0.15) is 43.0 Å². The van der Waals surface area contributed by atoms with Crippen LogP contribution in [0.3, 0.4) is 0 Å². The molecule has 168 valence electrons. The third-order valence-corrected chi connectivity index (χ3v) is 6.60. The number of carboxylic acid groups (broad SMARTS) is 1. The van der Waals surface area contributed by atoms with E-state index >= 15 is 0 Å². The molecule has 1 aromatic heterocycles. The minimum atomic E-state index is -1.37. The highest BCUT2D eigenvalue weighted by atomic mass is 32.1. The number of thiophene rings is 1.